The highest BCUT2D eigenvalue weighted by atomic mass is 16.7. The second kappa shape index (κ2) is 3.62. The molecule has 13 heavy (non-hydrogen) atoms. The number of hydrogen-bond donors (Lipinski definition) is 0. The lowest BCUT2D eigenvalue weighted by Crippen LogP contribution is -2.41. The van der Waals surface area contributed by atoms with Crippen LogP contribution in [0.25, 0.3) is 0 Å². The Kier molecular flexibility index (Phi) is 3.62. The molecular weight excluding hydrogens is 163 g/mol. The minimum atomic E-state index is -0.179. The maximum atomic E-state index is 5.80. The summed E-state index contributed by atoms with van der Waals surface area (Å²) in [6.07, 6.45) is 0. The Morgan fingerprint density at radius 1 is 0.923 bits per heavy atom. The van der Waals surface area contributed by atoms with E-state index in [1.807, 2.05) is 0 Å². The summed E-state index contributed by atoms with van der Waals surface area (Å²) in [5, 5.41) is 0. The average molecular weight is 186 g/mol. The van der Waals surface area contributed by atoms with Crippen molar-refractivity contribution in [2.75, 3.05) is 0 Å². The molecule has 0 N–H and O–H groups in total. The van der Waals surface area contributed by atoms with Gasteiger partial charge in [0, 0.05) is 0 Å². The summed E-state index contributed by atoms with van der Waals surface area (Å²) in [5.41, 5.74) is -0.357. The van der Waals surface area contributed by atoms with Crippen LogP contribution < -0.4 is 0 Å². The summed E-state index contributed by atoms with van der Waals surface area (Å²) < 4.78 is 11.6. The average Bonchev–Trinajstić information content (AvgIpc) is 2.03. The van der Waals surface area contributed by atoms with Crippen molar-refractivity contribution in [3.63, 3.8) is 0 Å². The predicted molar refractivity (Wildman–Crippen MR) is 57.9 cm³/mol. The fourth-order valence-corrected chi connectivity index (χ4v) is 1.16. The van der Waals surface area contributed by atoms with Gasteiger partial charge in [0.05, 0.1) is 11.2 Å². The second-order valence-corrected chi connectivity index (χ2v) is 4.87. The zero-order chi connectivity index (χ0) is 9.57. The number of hydrogen-bond acceptors (Lipinski definition) is 2. The van der Waals surface area contributed by atoms with Crippen LogP contribution in [-0.4, -0.2) is 18.3 Å². The fourth-order valence-electron chi connectivity index (χ4n) is 1.16. The van der Waals surface area contributed by atoms with Gasteiger partial charge in [0.1, 0.15) is 0 Å². The summed E-state index contributed by atoms with van der Waals surface area (Å²) in [5.74, 6) is 0.422. The Labute approximate surface area is 83.1 Å². The molecule has 0 aromatic heterocycles. The van der Waals surface area contributed by atoms with Crippen molar-refractivity contribution in [3.8, 4) is 0 Å². The normalized spacial score (nSPS) is 24.7. The summed E-state index contributed by atoms with van der Waals surface area (Å²) in [7, 11) is -0.0463. The Morgan fingerprint density at radius 2 is 1.23 bits per heavy atom. The standard InChI is InChI=1S/C9H19BO2.CH4/c1-7(2)10-11-8(3,4)9(5,6)12-10;/h7H,1-6H3;1H4. The van der Waals surface area contributed by atoms with Crippen LogP contribution >= 0.6 is 0 Å². The van der Waals surface area contributed by atoms with Crippen LogP contribution in [0.4, 0.5) is 0 Å². The molecule has 1 aliphatic rings. The molecule has 0 atom stereocenters. The second-order valence-electron chi connectivity index (χ2n) is 4.87. The molecule has 1 saturated heterocycles. The van der Waals surface area contributed by atoms with Crippen molar-refractivity contribution < 1.29 is 9.31 Å². The summed E-state index contributed by atoms with van der Waals surface area (Å²) in [6, 6.07) is 0. The molecule has 1 rings (SSSR count). The smallest absolute Gasteiger partial charge is 0.403 e. The number of rotatable bonds is 1. The van der Waals surface area contributed by atoms with Crippen molar-refractivity contribution in [2.24, 2.45) is 0 Å². The highest BCUT2D eigenvalue weighted by Crippen LogP contribution is 2.39. The molecule has 0 aromatic rings. The quantitative estimate of drug-likeness (QED) is 0.585. The van der Waals surface area contributed by atoms with Crippen LogP contribution in [-0.2, 0) is 9.31 Å². The molecule has 0 aromatic carbocycles. The lowest BCUT2D eigenvalue weighted by atomic mass is 9.75. The van der Waals surface area contributed by atoms with E-state index < -0.39 is 0 Å². The summed E-state index contributed by atoms with van der Waals surface area (Å²) in [4.78, 5) is 0. The lowest BCUT2D eigenvalue weighted by molar-refractivity contribution is 0.00578. The van der Waals surface area contributed by atoms with Crippen molar-refractivity contribution in [2.45, 2.75) is 66.0 Å². The highest BCUT2D eigenvalue weighted by Gasteiger charge is 2.51. The fraction of sp³-hybridized carbons (Fsp3) is 1.00. The molecule has 0 aliphatic carbocycles. The van der Waals surface area contributed by atoms with Gasteiger partial charge in [-0.15, -0.1) is 0 Å². The molecule has 0 amide bonds. The molecule has 1 fully saturated rings. The van der Waals surface area contributed by atoms with Crippen LogP contribution in [0.2, 0.25) is 5.82 Å². The lowest BCUT2D eigenvalue weighted by Gasteiger charge is -2.32. The van der Waals surface area contributed by atoms with Gasteiger partial charge < -0.3 is 9.31 Å². The van der Waals surface area contributed by atoms with Gasteiger partial charge in [0.2, 0.25) is 0 Å². The first kappa shape index (κ1) is 13.0. The van der Waals surface area contributed by atoms with Crippen molar-refractivity contribution >= 4 is 7.12 Å². The van der Waals surface area contributed by atoms with Crippen molar-refractivity contribution in [1.82, 2.24) is 0 Å². The predicted octanol–water partition coefficient (Wildman–Crippen LogP) is 3.12. The first-order valence-corrected chi connectivity index (χ1v) is 4.62. The third kappa shape index (κ3) is 2.26. The van der Waals surface area contributed by atoms with E-state index in [1.165, 1.54) is 0 Å². The Morgan fingerprint density at radius 3 is 1.38 bits per heavy atom. The van der Waals surface area contributed by atoms with E-state index in [2.05, 4.69) is 41.5 Å². The molecule has 2 nitrogen and oxygen atoms in total. The van der Waals surface area contributed by atoms with Crippen molar-refractivity contribution in [3.05, 3.63) is 0 Å². The van der Waals surface area contributed by atoms with E-state index in [9.17, 15) is 0 Å². The van der Waals surface area contributed by atoms with Crippen LogP contribution in [0.1, 0.15) is 49.0 Å². The minimum Gasteiger partial charge on any atom is -0.403 e. The first-order chi connectivity index (χ1) is 5.26. The highest BCUT2D eigenvalue weighted by molar-refractivity contribution is 6.47. The molecule has 3 heteroatoms. The van der Waals surface area contributed by atoms with E-state index in [0.717, 1.165) is 0 Å². The van der Waals surface area contributed by atoms with Gasteiger partial charge in [0.25, 0.3) is 0 Å². The van der Waals surface area contributed by atoms with E-state index in [0.29, 0.717) is 5.82 Å². The molecule has 0 saturated carbocycles. The maximum Gasteiger partial charge on any atom is 0.460 e. The van der Waals surface area contributed by atoms with Crippen LogP contribution in [0, 0.1) is 0 Å². The summed E-state index contributed by atoms with van der Waals surface area (Å²) >= 11 is 0. The summed E-state index contributed by atoms with van der Waals surface area (Å²) in [6.45, 7) is 12.5. The van der Waals surface area contributed by atoms with E-state index in [-0.39, 0.29) is 25.7 Å². The Hall–Kier alpha value is -0.0151. The third-order valence-electron chi connectivity index (χ3n) is 2.82. The molecule has 0 radical (unpaired) electrons. The first-order valence-electron chi connectivity index (χ1n) is 4.62. The zero-order valence-corrected chi connectivity index (χ0v) is 8.97. The van der Waals surface area contributed by atoms with Gasteiger partial charge in [-0.05, 0) is 33.5 Å². The molecule has 0 bridgehead atoms. The molecule has 1 aliphatic heterocycles. The van der Waals surface area contributed by atoms with Crippen LogP contribution in [0.5, 0.6) is 0 Å². The third-order valence-corrected chi connectivity index (χ3v) is 2.82. The monoisotopic (exact) mass is 186 g/mol. The molecule has 1 heterocycles. The Bertz CT molecular complexity index is 160. The molecular formula is C10H23BO2. The largest absolute Gasteiger partial charge is 0.460 e. The molecule has 0 unspecified atom stereocenters. The van der Waals surface area contributed by atoms with Crippen molar-refractivity contribution in [1.29, 1.82) is 0 Å². The maximum absolute atomic E-state index is 5.80. The van der Waals surface area contributed by atoms with E-state index >= 15 is 0 Å². The minimum absolute atomic E-state index is 0. The SMILES string of the molecule is C.CC(C)B1OC(C)(C)C(C)(C)O1. The van der Waals surface area contributed by atoms with Gasteiger partial charge in [-0.1, -0.05) is 21.3 Å². The zero-order valence-electron chi connectivity index (χ0n) is 8.97. The van der Waals surface area contributed by atoms with E-state index in [1.54, 1.807) is 0 Å². The van der Waals surface area contributed by atoms with Crippen LogP contribution in [0.15, 0.2) is 0 Å². The van der Waals surface area contributed by atoms with E-state index in [4.69, 9.17) is 9.31 Å². The Balaban J connectivity index is 0.00000144. The topological polar surface area (TPSA) is 18.5 Å². The van der Waals surface area contributed by atoms with Gasteiger partial charge in [-0.2, -0.15) is 0 Å². The van der Waals surface area contributed by atoms with Gasteiger partial charge in [-0.3, -0.25) is 0 Å². The molecule has 0 spiro atoms. The molecule has 78 valence electrons. The van der Waals surface area contributed by atoms with Gasteiger partial charge >= 0.3 is 7.12 Å². The van der Waals surface area contributed by atoms with Crippen LogP contribution in [0.3, 0.4) is 0 Å². The van der Waals surface area contributed by atoms with Gasteiger partial charge in [-0.25, -0.2) is 0 Å². The van der Waals surface area contributed by atoms with Gasteiger partial charge in [0.15, 0.2) is 0 Å².